The maximum absolute atomic E-state index is 12.1. The van der Waals surface area contributed by atoms with Crippen molar-refractivity contribution >= 4 is 23.2 Å². The van der Waals surface area contributed by atoms with Crippen LogP contribution in [0, 0.1) is 6.92 Å². The number of amides is 1. The number of hydrogen-bond donors (Lipinski definition) is 4. The van der Waals surface area contributed by atoms with Gasteiger partial charge in [-0.15, -0.1) is 0 Å². The van der Waals surface area contributed by atoms with Crippen molar-refractivity contribution in [3.05, 3.63) is 35.4 Å². The van der Waals surface area contributed by atoms with Crippen molar-refractivity contribution in [1.82, 2.24) is 10.2 Å². The van der Waals surface area contributed by atoms with Crippen LogP contribution < -0.4 is 16.4 Å². The van der Waals surface area contributed by atoms with Crippen molar-refractivity contribution in [2.45, 2.75) is 6.92 Å². The Morgan fingerprint density at radius 3 is 2.61 bits per heavy atom. The number of carbonyl (C=O) groups is 1. The summed E-state index contributed by atoms with van der Waals surface area (Å²) in [4.78, 5) is 12.1. The minimum absolute atomic E-state index is 0.240. The molecule has 1 aromatic carbocycles. The van der Waals surface area contributed by atoms with E-state index in [1.54, 1.807) is 7.05 Å². The van der Waals surface area contributed by atoms with E-state index in [2.05, 4.69) is 20.8 Å². The molecule has 5 N–H and O–H groups in total. The molecule has 2 aromatic rings. The van der Waals surface area contributed by atoms with Gasteiger partial charge in [0.2, 0.25) is 0 Å². The molecule has 2 rings (SSSR count). The number of hydrogen-bond acceptors (Lipinski definition) is 4. The van der Waals surface area contributed by atoms with Crippen LogP contribution in [-0.2, 0) is 0 Å². The van der Waals surface area contributed by atoms with Gasteiger partial charge in [-0.2, -0.15) is 5.10 Å². The number of nitrogen functional groups attached to an aromatic ring is 1. The Hall–Kier alpha value is -2.50. The van der Waals surface area contributed by atoms with Crippen molar-refractivity contribution in [2.75, 3.05) is 23.4 Å². The number of carbonyl (C=O) groups excluding carboxylic acids is 1. The average molecular weight is 245 g/mol. The summed E-state index contributed by atoms with van der Waals surface area (Å²) < 4.78 is 0. The number of aryl methyl sites for hydroxylation is 1. The third-order valence-corrected chi connectivity index (χ3v) is 2.57. The first-order valence-corrected chi connectivity index (χ1v) is 5.51. The van der Waals surface area contributed by atoms with Gasteiger partial charge >= 0.3 is 0 Å². The Bertz CT molecular complexity index is 558. The second-order valence-corrected chi connectivity index (χ2v) is 3.93. The predicted octanol–water partition coefficient (Wildman–Crippen LogP) is 1.59. The van der Waals surface area contributed by atoms with E-state index in [0.717, 1.165) is 5.56 Å². The molecule has 0 aliphatic carbocycles. The molecule has 0 saturated heterocycles. The SMILES string of the molecule is CNc1n[nH]c(N)c1C(=O)Nc1ccc(C)cc1. The number of benzene rings is 1. The summed E-state index contributed by atoms with van der Waals surface area (Å²) in [7, 11) is 1.68. The molecular formula is C12H15N5O. The molecule has 0 aliphatic rings. The lowest BCUT2D eigenvalue weighted by molar-refractivity contribution is 0.102. The van der Waals surface area contributed by atoms with Gasteiger partial charge in [0.25, 0.3) is 5.91 Å². The number of nitrogens with zero attached hydrogens (tertiary/aromatic N) is 1. The Labute approximate surface area is 105 Å². The number of anilines is 3. The first kappa shape index (κ1) is 12.0. The number of rotatable bonds is 3. The Kier molecular flexibility index (Phi) is 3.18. The van der Waals surface area contributed by atoms with E-state index in [1.807, 2.05) is 31.2 Å². The molecule has 0 atom stereocenters. The van der Waals surface area contributed by atoms with E-state index >= 15 is 0 Å². The highest BCUT2D eigenvalue weighted by Crippen LogP contribution is 2.20. The molecule has 6 heteroatoms. The quantitative estimate of drug-likeness (QED) is 0.660. The van der Waals surface area contributed by atoms with Crippen LogP contribution in [0.2, 0.25) is 0 Å². The summed E-state index contributed by atoms with van der Waals surface area (Å²) in [5, 5.41) is 12.0. The molecule has 18 heavy (non-hydrogen) atoms. The van der Waals surface area contributed by atoms with Gasteiger partial charge in [-0.25, -0.2) is 0 Å². The van der Waals surface area contributed by atoms with Crippen LogP contribution in [0.15, 0.2) is 24.3 Å². The molecular weight excluding hydrogens is 230 g/mol. The second kappa shape index (κ2) is 4.79. The number of nitrogens with two attached hydrogens (primary N) is 1. The van der Waals surface area contributed by atoms with Crippen LogP contribution in [0.4, 0.5) is 17.3 Å². The first-order chi connectivity index (χ1) is 8.61. The zero-order chi connectivity index (χ0) is 13.1. The van der Waals surface area contributed by atoms with E-state index < -0.39 is 0 Å². The molecule has 6 nitrogen and oxygen atoms in total. The molecule has 0 unspecified atom stereocenters. The third-order valence-electron chi connectivity index (χ3n) is 2.57. The zero-order valence-corrected chi connectivity index (χ0v) is 10.2. The lowest BCUT2D eigenvalue weighted by atomic mass is 10.2. The fourth-order valence-electron chi connectivity index (χ4n) is 1.60. The summed E-state index contributed by atoms with van der Waals surface area (Å²) in [6.45, 7) is 1.98. The minimum Gasteiger partial charge on any atom is -0.383 e. The normalized spacial score (nSPS) is 10.1. The lowest BCUT2D eigenvalue weighted by Gasteiger charge is -2.06. The number of H-pyrrole nitrogens is 1. The van der Waals surface area contributed by atoms with Gasteiger partial charge in [-0.3, -0.25) is 9.89 Å². The number of nitrogens with one attached hydrogen (secondary N) is 3. The molecule has 0 bridgehead atoms. The highest BCUT2D eigenvalue weighted by Gasteiger charge is 2.18. The monoisotopic (exact) mass is 245 g/mol. The van der Waals surface area contributed by atoms with Gasteiger partial charge in [0.15, 0.2) is 5.82 Å². The topological polar surface area (TPSA) is 95.8 Å². The maximum Gasteiger partial charge on any atom is 0.263 e. The second-order valence-electron chi connectivity index (χ2n) is 3.93. The van der Waals surface area contributed by atoms with Crippen LogP contribution in [0.25, 0.3) is 0 Å². The molecule has 1 heterocycles. The molecule has 1 aromatic heterocycles. The molecule has 1 amide bonds. The smallest absolute Gasteiger partial charge is 0.263 e. The van der Waals surface area contributed by atoms with Crippen LogP contribution in [0.3, 0.4) is 0 Å². The largest absolute Gasteiger partial charge is 0.383 e. The fourth-order valence-corrected chi connectivity index (χ4v) is 1.60. The third kappa shape index (κ3) is 2.27. The summed E-state index contributed by atoms with van der Waals surface area (Å²) in [5.74, 6) is 0.371. The average Bonchev–Trinajstić information content (AvgIpc) is 2.73. The van der Waals surface area contributed by atoms with Gasteiger partial charge in [0.1, 0.15) is 11.4 Å². The molecule has 0 radical (unpaired) electrons. The van der Waals surface area contributed by atoms with Crippen molar-refractivity contribution in [2.24, 2.45) is 0 Å². The van der Waals surface area contributed by atoms with Crippen molar-refractivity contribution in [1.29, 1.82) is 0 Å². The van der Waals surface area contributed by atoms with Gasteiger partial charge in [-0.05, 0) is 19.1 Å². The van der Waals surface area contributed by atoms with Gasteiger partial charge < -0.3 is 16.4 Å². The lowest BCUT2D eigenvalue weighted by Crippen LogP contribution is -2.14. The standard InChI is InChI=1S/C12H15N5O/c1-7-3-5-8(6-4-7)15-12(18)9-10(13)16-17-11(9)14-2/h3-6H,1-2H3,(H,15,18)(H4,13,14,16,17). The number of aromatic amines is 1. The van der Waals surface area contributed by atoms with Crippen LogP contribution >= 0.6 is 0 Å². The van der Waals surface area contributed by atoms with Gasteiger partial charge in [0, 0.05) is 12.7 Å². The van der Waals surface area contributed by atoms with Crippen molar-refractivity contribution in [3.8, 4) is 0 Å². The summed E-state index contributed by atoms with van der Waals surface area (Å²) >= 11 is 0. The molecule has 0 aliphatic heterocycles. The fraction of sp³-hybridized carbons (Fsp3) is 0.167. The summed E-state index contributed by atoms with van der Waals surface area (Å²) in [5.41, 5.74) is 7.84. The first-order valence-electron chi connectivity index (χ1n) is 5.51. The van der Waals surface area contributed by atoms with E-state index in [4.69, 9.17) is 5.73 Å². The van der Waals surface area contributed by atoms with Crippen molar-refractivity contribution in [3.63, 3.8) is 0 Å². The molecule has 0 saturated carbocycles. The maximum atomic E-state index is 12.1. The van der Waals surface area contributed by atoms with E-state index in [-0.39, 0.29) is 11.7 Å². The van der Waals surface area contributed by atoms with E-state index in [9.17, 15) is 4.79 Å². The van der Waals surface area contributed by atoms with Crippen LogP contribution in [0.5, 0.6) is 0 Å². The van der Waals surface area contributed by atoms with E-state index in [0.29, 0.717) is 17.1 Å². The highest BCUT2D eigenvalue weighted by atomic mass is 16.1. The summed E-state index contributed by atoms with van der Waals surface area (Å²) in [6, 6.07) is 7.52. The zero-order valence-electron chi connectivity index (χ0n) is 10.2. The molecule has 94 valence electrons. The molecule has 0 fully saturated rings. The van der Waals surface area contributed by atoms with Gasteiger partial charge in [-0.1, -0.05) is 17.7 Å². The molecule has 0 spiro atoms. The van der Waals surface area contributed by atoms with E-state index in [1.165, 1.54) is 0 Å². The highest BCUT2D eigenvalue weighted by molar-refractivity contribution is 6.10. The van der Waals surface area contributed by atoms with Crippen LogP contribution in [-0.4, -0.2) is 23.2 Å². The summed E-state index contributed by atoms with van der Waals surface area (Å²) in [6.07, 6.45) is 0. The Balaban J connectivity index is 2.21. The predicted molar refractivity (Wildman–Crippen MR) is 71.7 cm³/mol. The van der Waals surface area contributed by atoms with Crippen LogP contribution in [0.1, 0.15) is 15.9 Å². The Morgan fingerprint density at radius 2 is 2.00 bits per heavy atom. The Morgan fingerprint density at radius 1 is 1.33 bits per heavy atom. The minimum atomic E-state index is -0.297. The van der Waals surface area contributed by atoms with Crippen molar-refractivity contribution < 1.29 is 4.79 Å². The number of aromatic nitrogens is 2. The van der Waals surface area contributed by atoms with Gasteiger partial charge in [0.05, 0.1) is 0 Å².